The maximum absolute atomic E-state index is 12.6. The van der Waals surface area contributed by atoms with Gasteiger partial charge in [-0.05, 0) is 6.07 Å². The average molecular weight is 348 g/mol. The molecule has 3 heterocycles. The molecule has 0 atom stereocenters. The molecule has 0 spiro atoms. The van der Waals surface area contributed by atoms with Crippen LogP contribution in [0, 0.1) is 11.3 Å². The van der Waals surface area contributed by atoms with E-state index in [0.717, 1.165) is 24.2 Å². The molecule has 6 heteroatoms. The lowest BCUT2D eigenvalue weighted by atomic mass is 10.1. The van der Waals surface area contributed by atoms with Crippen LogP contribution in [0.15, 0.2) is 48.1 Å². The summed E-state index contributed by atoms with van der Waals surface area (Å²) in [6.45, 7) is 2.89. The SMILES string of the molecule is N#Cc1csc(C(=O)N2CCN(c3cncc4ccccc34)CC2)c1. The van der Waals surface area contributed by atoms with E-state index >= 15 is 0 Å². The normalized spacial score (nSPS) is 14.5. The summed E-state index contributed by atoms with van der Waals surface area (Å²) in [5.74, 6) is 0.0159. The third-order valence-electron chi connectivity index (χ3n) is 4.49. The number of carbonyl (C=O) groups excluding carboxylic acids is 1. The Morgan fingerprint density at radius 3 is 2.72 bits per heavy atom. The Bertz CT molecular complexity index is 961. The summed E-state index contributed by atoms with van der Waals surface area (Å²) >= 11 is 1.34. The van der Waals surface area contributed by atoms with E-state index in [0.29, 0.717) is 23.5 Å². The summed E-state index contributed by atoms with van der Waals surface area (Å²) in [4.78, 5) is 21.7. The van der Waals surface area contributed by atoms with E-state index in [1.807, 2.05) is 29.4 Å². The van der Waals surface area contributed by atoms with Crippen molar-refractivity contribution in [2.45, 2.75) is 0 Å². The van der Waals surface area contributed by atoms with Crippen molar-refractivity contribution in [3.8, 4) is 6.07 Å². The molecule has 5 nitrogen and oxygen atoms in total. The molecule has 25 heavy (non-hydrogen) atoms. The highest BCUT2D eigenvalue weighted by Crippen LogP contribution is 2.26. The number of benzene rings is 1. The van der Waals surface area contributed by atoms with E-state index in [-0.39, 0.29) is 5.91 Å². The van der Waals surface area contributed by atoms with Gasteiger partial charge in [0.25, 0.3) is 5.91 Å². The van der Waals surface area contributed by atoms with Gasteiger partial charge < -0.3 is 9.80 Å². The minimum atomic E-state index is 0.0159. The molecule has 1 fully saturated rings. The fourth-order valence-electron chi connectivity index (χ4n) is 3.17. The average Bonchev–Trinajstić information content (AvgIpc) is 3.16. The number of thiophene rings is 1. The lowest BCUT2D eigenvalue weighted by Gasteiger charge is -2.36. The minimum absolute atomic E-state index is 0.0159. The molecule has 0 bridgehead atoms. The molecule has 124 valence electrons. The highest BCUT2D eigenvalue weighted by molar-refractivity contribution is 7.12. The number of amides is 1. The molecule has 3 aromatic rings. The Balaban J connectivity index is 1.49. The van der Waals surface area contributed by atoms with Crippen molar-refractivity contribution in [2.24, 2.45) is 0 Å². The highest BCUT2D eigenvalue weighted by atomic mass is 32.1. The number of anilines is 1. The number of hydrogen-bond acceptors (Lipinski definition) is 5. The molecular weight excluding hydrogens is 332 g/mol. The predicted molar refractivity (Wildman–Crippen MR) is 98.9 cm³/mol. The van der Waals surface area contributed by atoms with Gasteiger partial charge in [-0.25, -0.2) is 0 Å². The van der Waals surface area contributed by atoms with Gasteiger partial charge in [-0.2, -0.15) is 5.26 Å². The summed E-state index contributed by atoms with van der Waals surface area (Å²) in [5, 5.41) is 13.0. The number of pyridine rings is 1. The Kier molecular flexibility index (Phi) is 4.08. The number of rotatable bonds is 2. The zero-order valence-corrected chi connectivity index (χ0v) is 14.4. The molecule has 0 saturated carbocycles. The molecule has 0 aliphatic carbocycles. The lowest BCUT2D eigenvalue weighted by molar-refractivity contribution is 0.0751. The number of nitrogens with zero attached hydrogens (tertiary/aromatic N) is 4. The number of nitriles is 1. The van der Waals surface area contributed by atoms with Crippen LogP contribution in [0.4, 0.5) is 5.69 Å². The number of carbonyl (C=O) groups is 1. The van der Waals surface area contributed by atoms with Crippen molar-refractivity contribution in [3.63, 3.8) is 0 Å². The monoisotopic (exact) mass is 348 g/mol. The Labute approximate surface area is 149 Å². The van der Waals surface area contributed by atoms with E-state index in [4.69, 9.17) is 5.26 Å². The number of fused-ring (bicyclic) bond motifs is 1. The van der Waals surface area contributed by atoms with Gasteiger partial charge in [0.1, 0.15) is 6.07 Å². The second-order valence-corrected chi connectivity index (χ2v) is 6.88. The van der Waals surface area contributed by atoms with E-state index < -0.39 is 0 Å². The quantitative estimate of drug-likeness (QED) is 0.714. The van der Waals surface area contributed by atoms with Crippen LogP contribution in [0.1, 0.15) is 15.2 Å². The van der Waals surface area contributed by atoms with E-state index in [9.17, 15) is 4.79 Å². The van der Waals surface area contributed by atoms with E-state index in [1.54, 1.807) is 11.4 Å². The first-order valence-corrected chi connectivity index (χ1v) is 9.00. The smallest absolute Gasteiger partial charge is 0.264 e. The van der Waals surface area contributed by atoms with E-state index in [1.165, 1.54) is 16.7 Å². The van der Waals surface area contributed by atoms with Crippen molar-refractivity contribution < 1.29 is 4.79 Å². The molecule has 1 aromatic carbocycles. The third kappa shape index (κ3) is 2.94. The molecule has 0 N–H and O–H groups in total. The molecule has 0 radical (unpaired) electrons. The second kappa shape index (κ2) is 6.54. The minimum Gasteiger partial charge on any atom is -0.366 e. The van der Waals surface area contributed by atoms with Crippen LogP contribution in [-0.2, 0) is 0 Å². The van der Waals surface area contributed by atoms with Crippen molar-refractivity contribution in [2.75, 3.05) is 31.1 Å². The molecule has 4 rings (SSSR count). The first kappa shape index (κ1) is 15.6. The standard InChI is InChI=1S/C19H16N4OS/c20-10-14-9-18(25-13-14)19(24)23-7-5-22(6-8-23)17-12-21-11-15-3-1-2-4-16(15)17/h1-4,9,11-13H,5-8H2. The van der Waals surface area contributed by atoms with Gasteiger partial charge in [0.2, 0.25) is 0 Å². The van der Waals surface area contributed by atoms with Gasteiger partial charge in [-0.3, -0.25) is 9.78 Å². The van der Waals surface area contributed by atoms with Gasteiger partial charge >= 0.3 is 0 Å². The van der Waals surface area contributed by atoms with Crippen LogP contribution in [-0.4, -0.2) is 42.0 Å². The van der Waals surface area contributed by atoms with Crippen LogP contribution in [0.25, 0.3) is 10.8 Å². The number of aromatic nitrogens is 1. The first-order chi connectivity index (χ1) is 12.3. The van der Waals surface area contributed by atoms with E-state index in [2.05, 4.69) is 28.1 Å². The summed E-state index contributed by atoms with van der Waals surface area (Å²) in [6, 6.07) is 12.0. The summed E-state index contributed by atoms with van der Waals surface area (Å²) in [6.07, 6.45) is 3.78. The Morgan fingerprint density at radius 1 is 1.16 bits per heavy atom. The summed E-state index contributed by atoms with van der Waals surface area (Å²) in [5.41, 5.74) is 1.67. The Morgan fingerprint density at radius 2 is 1.96 bits per heavy atom. The predicted octanol–water partition coefficient (Wildman–Crippen LogP) is 3.13. The molecule has 0 unspecified atom stereocenters. The molecule has 1 saturated heterocycles. The molecule has 1 aliphatic rings. The molecule has 2 aromatic heterocycles. The first-order valence-electron chi connectivity index (χ1n) is 8.12. The summed E-state index contributed by atoms with van der Waals surface area (Å²) in [7, 11) is 0. The van der Waals surface area contributed by atoms with Crippen molar-refractivity contribution in [3.05, 3.63) is 58.5 Å². The van der Waals surface area contributed by atoms with Crippen molar-refractivity contribution in [1.82, 2.24) is 9.88 Å². The van der Waals surface area contributed by atoms with Gasteiger partial charge in [0, 0.05) is 48.5 Å². The number of hydrogen-bond donors (Lipinski definition) is 0. The highest BCUT2D eigenvalue weighted by Gasteiger charge is 2.24. The maximum Gasteiger partial charge on any atom is 0.264 e. The van der Waals surface area contributed by atoms with Crippen LogP contribution < -0.4 is 4.90 Å². The maximum atomic E-state index is 12.6. The van der Waals surface area contributed by atoms with Gasteiger partial charge in [0.05, 0.1) is 22.3 Å². The van der Waals surface area contributed by atoms with Gasteiger partial charge in [-0.1, -0.05) is 24.3 Å². The Hall–Kier alpha value is -2.91. The van der Waals surface area contributed by atoms with Crippen LogP contribution >= 0.6 is 11.3 Å². The third-order valence-corrected chi connectivity index (χ3v) is 5.41. The topological polar surface area (TPSA) is 60.2 Å². The largest absolute Gasteiger partial charge is 0.366 e. The molecule has 1 amide bonds. The fraction of sp³-hybridized carbons (Fsp3) is 0.211. The van der Waals surface area contributed by atoms with Crippen molar-refractivity contribution >= 4 is 33.7 Å². The molecule has 1 aliphatic heterocycles. The van der Waals surface area contributed by atoms with Crippen LogP contribution in [0.3, 0.4) is 0 Å². The lowest BCUT2D eigenvalue weighted by Crippen LogP contribution is -2.48. The molecular formula is C19H16N4OS. The van der Waals surface area contributed by atoms with Gasteiger partial charge in [0.15, 0.2) is 0 Å². The van der Waals surface area contributed by atoms with Crippen molar-refractivity contribution in [1.29, 1.82) is 5.26 Å². The van der Waals surface area contributed by atoms with Crippen LogP contribution in [0.5, 0.6) is 0 Å². The summed E-state index contributed by atoms with van der Waals surface area (Å²) < 4.78 is 0. The number of piperazine rings is 1. The fourth-order valence-corrected chi connectivity index (χ4v) is 3.97. The zero-order valence-electron chi connectivity index (χ0n) is 13.6. The second-order valence-electron chi connectivity index (χ2n) is 5.97. The van der Waals surface area contributed by atoms with Gasteiger partial charge in [-0.15, -0.1) is 11.3 Å². The zero-order chi connectivity index (χ0) is 17.2. The van der Waals surface area contributed by atoms with Crippen LogP contribution in [0.2, 0.25) is 0 Å².